The van der Waals surface area contributed by atoms with Gasteiger partial charge in [0.05, 0.1) is 12.8 Å². The van der Waals surface area contributed by atoms with E-state index in [1.165, 1.54) is 13.3 Å². The highest BCUT2D eigenvalue weighted by Gasteiger charge is 2.15. The number of rotatable bonds is 4. The molecular weight excluding hydrogens is 254 g/mol. The summed E-state index contributed by atoms with van der Waals surface area (Å²) in [5.74, 6) is 0.546. The van der Waals surface area contributed by atoms with Crippen LogP contribution in [-0.4, -0.2) is 18.1 Å². The van der Waals surface area contributed by atoms with Crippen LogP contribution in [0.4, 0.5) is 0 Å². The van der Waals surface area contributed by atoms with Crippen molar-refractivity contribution in [3.63, 3.8) is 0 Å². The van der Waals surface area contributed by atoms with E-state index in [0.717, 1.165) is 5.57 Å². The van der Waals surface area contributed by atoms with Gasteiger partial charge in [0.25, 0.3) is 0 Å². The zero-order chi connectivity index (χ0) is 14.5. The molecule has 0 saturated heterocycles. The van der Waals surface area contributed by atoms with Gasteiger partial charge in [-0.2, -0.15) is 0 Å². The lowest BCUT2D eigenvalue weighted by molar-refractivity contribution is 0.0597. The number of hydrogen-bond donors (Lipinski definition) is 0. The number of ether oxygens (including phenoxy) is 2. The smallest absolute Gasteiger partial charge is 0.343 e. The maximum atomic E-state index is 11.7. The first-order valence-corrected chi connectivity index (χ1v) is 6.09. The van der Waals surface area contributed by atoms with Crippen LogP contribution in [0, 0.1) is 0 Å². The van der Waals surface area contributed by atoms with Crippen LogP contribution in [0.1, 0.15) is 23.0 Å². The molecule has 1 aromatic carbocycles. The number of methoxy groups -OCH3 is 1. The fraction of sp³-hybridized carbons (Fsp3) is 0.125. The van der Waals surface area contributed by atoms with Crippen molar-refractivity contribution >= 4 is 11.5 Å². The van der Waals surface area contributed by atoms with Crippen LogP contribution in [0.15, 0.2) is 49.2 Å². The molecule has 2 aromatic rings. The monoisotopic (exact) mass is 269 g/mol. The molecule has 0 N–H and O–H groups in total. The average molecular weight is 269 g/mol. The first kappa shape index (κ1) is 13.8. The van der Waals surface area contributed by atoms with E-state index in [-0.39, 0.29) is 5.56 Å². The van der Waals surface area contributed by atoms with E-state index in [9.17, 15) is 4.79 Å². The second kappa shape index (κ2) is 6.02. The van der Waals surface area contributed by atoms with Gasteiger partial charge >= 0.3 is 5.97 Å². The third-order valence-electron chi connectivity index (χ3n) is 2.68. The van der Waals surface area contributed by atoms with Gasteiger partial charge in [-0.3, -0.25) is 4.98 Å². The SMILES string of the molecule is C=C(C)c1cc(Oc2ccccc2)c(C(=O)OC)cn1. The molecule has 1 heterocycles. The molecule has 102 valence electrons. The Bertz CT molecular complexity index is 635. The molecule has 0 amide bonds. The zero-order valence-electron chi connectivity index (χ0n) is 11.4. The molecule has 4 heteroatoms. The molecule has 0 aliphatic rings. The Labute approximate surface area is 117 Å². The molecule has 20 heavy (non-hydrogen) atoms. The molecule has 0 radical (unpaired) electrons. The standard InChI is InChI=1S/C16H15NO3/c1-11(2)14-9-15(13(10-17-14)16(18)19-3)20-12-7-5-4-6-8-12/h4-10H,1H2,2-3H3. The average Bonchev–Trinajstić information content (AvgIpc) is 2.47. The number of benzene rings is 1. The normalized spacial score (nSPS) is 9.90. The van der Waals surface area contributed by atoms with Crippen LogP contribution in [0.3, 0.4) is 0 Å². The van der Waals surface area contributed by atoms with E-state index in [2.05, 4.69) is 11.6 Å². The third kappa shape index (κ3) is 3.03. The summed E-state index contributed by atoms with van der Waals surface area (Å²) in [6.45, 7) is 5.67. The predicted molar refractivity (Wildman–Crippen MR) is 76.8 cm³/mol. The topological polar surface area (TPSA) is 48.4 Å². The summed E-state index contributed by atoms with van der Waals surface area (Å²) >= 11 is 0. The van der Waals surface area contributed by atoms with Crippen molar-refractivity contribution in [2.45, 2.75) is 6.92 Å². The molecule has 0 bridgehead atoms. The number of nitrogens with zero attached hydrogens (tertiary/aromatic N) is 1. The molecular formula is C16H15NO3. The van der Waals surface area contributed by atoms with E-state index in [1.807, 2.05) is 37.3 Å². The Balaban J connectivity index is 2.44. The van der Waals surface area contributed by atoms with Crippen LogP contribution in [0.25, 0.3) is 5.57 Å². The summed E-state index contributed by atoms with van der Waals surface area (Å²) in [6.07, 6.45) is 1.44. The van der Waals surface area contributed by atoms with Crippen molar-refractivity contribution in [2.24, 2.45) is 0 Å². The maximum Gasteiger partial charge on any atom is 0.343 e. The predicted octanol–water partition coefficient (Wildman–Crippen LogP) is 3.69. The van der Waals surface area contributed by atoms with Gasteiger partial charge in [-0.25, -0.2) is 4.79 Å². The van der Waals surface area contributed by atoms with Crippen molar-refractivity contribution in [3.8, 4) is 11.5 Å². The summed E-state index contributed by atoms with van der Waals surface area (Å²) in [5, 5.41) is 0. The first-order chi connectivity index (χ1) is 9.61. The van der Waals surface area contributed by atoms with Crippen LogP contribution >= 0.6 is 0 Å². The number of para-hydroxylation sites is 1. The zero-order valence-corrected chi connectivity index (χ0v) is 11.4. The fourth-order valence-corrected chi connectivity index (χ4v) is 1.63. The summed E-state index contributed by atoms with van der Waals surface area (Å²) in [4.78, 5) is 15.9. The van der Waals surface area contributed by atoms with Crippen LogP contribution < -0.4 is 4.74 Å². The lowest BCUT2D eigenvalue weighted by Gasteiger charge is -2.11. The third-order valence-corrected chi connectivity index (χ3v) is 2.68. The van der Waals surface area contributed by atoms with E-state index in [0.29, 0.717) is 17.2 Å². The van der Waals surface area contributed by atoms with Gasteiger partial charge in [0.2, 0.25) is 0 Å². The van der Waals surface area contributed by atoms with Gasteiger partial charge in [-0.1, -0.05) is 24.8 Å². The molecule has 0 aliphatic heterocycles. The Morgan fingerprint density at radius 1 is 1.25 bits per heavy atom. The first-order valence-electron chi connectivity index (χ1n) is 6.09. The number of carbonyl (C=O) groups is 1. The molecule has 4 nitrogen and oxygen atoms in total. The minimum Gasteiger partial charge on any atom is -0.465 e. The number of hydrogen-bond acceptors (Lipinski definition) is 4. The minimum absolute atomic E-state index is 0.279. The quantitative estimate of drug-likeness (QED) is 0.794. The lowest BCUT2D eigenvalue weighted by atomic mass is 10.1. The molecule has 0 spiro atoms. The van der Waals surface area contributed by atoms with Gasteiger partial charge in [0, 0.05) is 12.3 Å². The van der Waals surface area contributed by atoms with E-state index >= 15 is 0 Å². The maximum absolute atomic E-state index is 11.7. The van der Waals surface area contributed by atoms with E-state index in [4.69, 9.17) is 9.47 Å². The fourth-order valence-electron chi connectivity index (χ4n) is 1.63. The highest BCUT2D eigenvalue weighted by molar-refractivity contribution is 5.92. The van der Waals surface area contributed by atoms with Crippen molar-refractivity contribution in [1.82, 2.24) is 4.98 Å². The Morgan fingerprint density at radius 2 is 1.95 bits per heavy atom. The molecule has 0 atom stereocenters. The van der Waals surface area contributed by atoms with Crippen molar-refractivity contribution in [3.05, 3.63) is 60.4 Å². The summed E-state index contributed by atoms with van der Waals surface area (Å²) in [6, 6.07) is 10.9. The molecule has 0 saturated carbocycles. The molecule has 2 rings (SSSR count). The molecule has 0 fully saturated rings. The Kier molecular flexibility index (Phi) is 4.15. The summed E-state index contributed by atoms with van der Waals surface area (Å²) in [5.41, 5.74) is 1.74. The molecule has 0 aliphatic carbocycles. The van der Waals surface area contributed by atoms with Crippen LogP contribution in [0.5, 0.6) is 11.5 Å². The van der Waals surface area contributed by atoms with Gasteiger partial charge in [-0.15, -0.1) is 0 Å². The second-order valence-electron chi connectivity index (χ2n) is 4.25. The van der Waals surface area contributed by atoms with Crippen molar-refractivity contribution in [1.29, 1.82) is 0 Å². The largest absolute Gasteiger partial charge is 0.465 e. The lowest BCUT2D eigenvalue weighted by Crippen LogP contribution is -2.05. The van der Waals surface area contributed by atoms with Crippen molar-refractivity contribution in [2.75, 3.05) is 7.11 Å². The highest BCUT2D eigenvalue weighted by Crippen LogP contribution is 2.27. The number of pyridine rings is 1. The minimum atomic E-state index is -0.489. The van der Waals surface area contributed by atoms with Gasteiger partial charge in [0.1, 0.15) is 17.1 Å². The number of esters is 1. The van der Waals surface area contributed by atoms with Crippen LogP contribution in [-0.2, 0) is 4.74 Å². The van der Waals surface area contributed by atoms with E-state index < -0.39 is 5.97 Å². The van der Waals surface area contributed by atoms with Gasteiger partial charge in [-0.05, 0) is 24.6 Å². The van der Waals surface area contributed by atoms with E-state index in [1.54, 1.807) is 6.07 Å². The number of aromatic nitrogens is 1. The second-order valence-corrected chi connectivity index (χ2v) is 4.25. The Hall–Kier alpha value is -2.62. The number of carbonyl (C=O) groups excluding carboxylic acids is 1. The molecule has 1 aromatic heterocycles. The Morgan fingerprint density at radius 3 is 2.55 bits per heavy atom. The summed E-state index contributed by atoms with van der Waals surface area (Å²) < 4.78 is 10.5. The number of allylic oxidation sites excluding steroid dienone is 1. The summed E-state index contributed by atoms with van der Waals surface area (Å²) in [7, 11) is 1.32. The highest BCUT2D eigenvalue weighted by atomic mass is 16.5. The molecule has 0 unspecified atom stereocenters. The van der Waals surface area contributed by atoms with Gasteiger partial charge < -0.3 is 9.47 Å². The van der Waals surface area contributed by atoms with Gasteiger partial charge in [0.15, 0.2) is 0 Å². The van der Waals surface area contributed by atoms with Crippen LogP contribution in [0.2, 0.25) is 0 Å². The van der Waals surface area contributed by atoms with Crippen molar-refractivity contribution < 1.29 is 14.3 Å².